The molecule has 2 heterocycles. The van der Waals surface area contributed by atoms with Gasteiger partial charge in [-0.05, 0) is 63.9 Å². The number of hydrogen-bond acceptors (Lipinski definition) is 3. The normalized spacial score (nSPS) is 17.2. The Hall–Kier alpha value is -1.62. The summed E-state index contributed by atoms with van der Waals surface area (Å²) in [6.45, 7) is 10.6. The van der Waals surface area contributed by atoms with Gasteiger partial charge < -0.3 is 15.5 Å². The average molecular weight is 317 g/mol. The minimum absolute atomic E-state index is 0.616. The Morgan fingerprint density at radius 1 is 1.26 bits per heavy atom. The molecule has 2 N–H and O–H groups in total. The molecule has 1 aliphatic heterocycles. The minimum atomic E-state index is 0.616. The lowest BCUT2D eigenvalue weighted by Gasteiger charge is -2.32. The summed E-state index contributed by atoms with van der Waals surface area (Å²) < 4.78 is 0. The van der Waals surface area contributed by atoms with Gasteiger partial charge in [0.2, 0.25) is 0 Å². The molecule has 1 aliphatic rings. The Morgan fingerprint density at radius 2 is 2.09 bits per heavy atom. The highest BCUT2D eigenvalue weighted by molar-refractivity contribution is 5.79. The van der Waals surface area contributed by atoms with E-state index in [-0.39, 0.29) is 0 Å². The van der Waals surface area contributed by atoms with Gasteiger partial charge in [0.05, 0.1) is 12.2 Å². The number of aliphatic imine (C=N–C) groups is 1. The molecule has 0 amide bonds. The minimum Gasteiger partial charge on any atom is -0.357 e. The predicted octanol–water partition coefficient (Wildman–Crippen LogP) is 2.26. The molecule has 128 valence electrons. The number of nitrogens with one attached hydrogen (secondary N) is 2. The van der Waals surface area contributed by atoms with Crippen molar-refractivity contribution in [3.63, 3.8) is 0 Å². The van der Waals surface area contributed by atoms with Crippen molar-refractivity contribution < 1.29 is 0 Å². The van der Waals surface area contributed by atoms with Gasteiger partial charge in [-0.3, -0.25) is 4.98 Å². The van der Waals surface area contributed by atoms with E-state index in [1.807, 2.05) is 24.4 Å². The number of piperidine rings is 1. The highest BCUT2D eigenvalue weighted by atomic mass is 15.2. The zero-order valence-corrected chi connectivity index (χ0v) is 14.6. The van der Waals surface area contributed by atoms with Crippen LogP contribution in [0.15, 0.2) is 29.4 Å². The number of guanidine groups is 1. The summed E-state index contributed by atoms with van der Waals surface area (Å²) in [5, 5.41) is 6.82. The third-order valence-corrected chi connectivity index (χ3v) is 4.27. The highest BCUT2D eigenvalue weighted by Crippen LogP contribution is 2.16. The molecular formula is C18H31N5. The Balaban J connectivity index is 1.76. The van der Waals surface area contributed by atoms with Crippen molar-refractivity contribution in [2.75, 3.05) is 32.7 Å². The second-order valence-corrected chi connectivity index (χ2v) is 6.18. The maximum Gasteiger partial charge on any atom is 0.191 e. The van der Waals surface area contributed by atoms with Crippen LogP contribution in [-0.4, -0.2) is 48.6 Å². The van der Waals surface area contributed by atoms with Gasteiger partial charge in [0.15, 0.2) is 5.96 Å². The van der Waals surface area contributed by atoms with E-state index in [1.165, 1.54) is 38.9 Å². The maximum atomic E-state index is 4.63. The summed E-state index contributed by atoms with van der Waals surface area (Å²) in [6.07, 6.45) is 5.64. The van der Waals surface area contributed by atoms with E-state index < -0.39 is 0 Å². The molecule has 0 atom stereocenters. The Bertz CT molecular complexity index is 452. The third-order valence-electron chi connectivity index (χ3n) is 4.27. The molecule has 2 rings (SSSR count). The van der Waals surface area contributed by atoms with Crippen LogP contribution in [0.25, 0.3) is 0 Å². The van der Waals surface area contributed by atoms with E-state index in [0.29, 0.717) is 6.54 Å². The molecule has 0 radical (unpaired) electrons. The molecule has 5 heteroatoms. The monoisotopic (exact) mass is 317 g/mol. The molecule has 1 saturated heterocycles. The summed E-state index contributed by atoms with van der Waals surface area (Å²) in [5.74, 6) is 1.65. The van der Waals surface area contributed by atoms with Crippen LogP contribution in [-0.2, 0) is 6.54 Å². The number of nitrogens with zero attached hydrogens (tertiary/aromatic N) is 3. The van der Waals surface area contributed by atoms with E-state index in [0.717, 1.165) is 30.7 Å². The number of rotatable bonds is 7. The first-order valence-corrected chi connectivity index (χ1v) is 8.96. The predicted molar refractivity (Wildman–Crippen MR) is 96.5 cm³/mol. The molecule has 1 fully saturated rings. The second kappa shape index (κ2) is 10.2. The quantitative estimate of drug-likeness (QED) is 0.598. The summed E-state index contributed by atoms with van der Waals surface area (Å²) in [7, 11) is 0. The lowest BCUT2D eigenvalue weighted by atomic mass is 9.97. The first-order chi connectivity index (χ1) is 11.3. The van der Waals surface area contributed by atoms with Crippen molar-refractivity contribution in [3.8, 4) is 0 Å². The fraction of sp³-hybridized carbons (Fsp3) is 0.667. The smallest absolute Gasteiger partial charge is 0.191 e. The van der Waals surface area contributed by atoms with Crippen molar-refractivity contribution in [1.29, 1.82) is 0 Å². The van der Waals surface area contributed by atoms with Crippen LogP contribution >= 0.6 is 0 Å². The maximum absolute atomic E-state index is 4.63. The molecule has 5 nitrogen and oxygen atoms in total. The molecule has 0 bridgehead atoms. The number of likely N-dealkylation sites (tertiary alicyclic amines) is 1. The van der Waals surface area contributed by atoms with Crippen LogP contribution in [0.1, 0.15) is 38.8 Å². The van der Waals surface area contributed by atoms with Crippen LogP contribution in [0.3, 0.4) is 0 Å². The Kier molecular flexibility index (Phi) is 7.87. The first kappa shape index (κ1) is 17.7. The Morgan fingerprint density at radius 3 is 2.74 bits per heavy atom. The average Bonchev–Trinajstić information content (AvgIpc) is 2.60. The molecular weight excluding hydrogens is 286 g/mol. The topological polar surface area (TPSA) is 52.5 Å². The van der Waals surface area contributed by atoms with E-state index in [2.05, 4.69) is 39.4 Å². The zero-order valence-electron chi connectivity index (χ0n) is 14.6. The first-order valence-electron chi connectivity index (χ1n) is 8.96. The van der Waals surface area contributed by atoms with Crippen molar-refractivity contribution in [2.24, 2.45) is 10.9 Å². The second-order valence-electron chi connectivity index (χ2n) is 6.18. The van der Waals surface area contributed by atoms with E-state index >= 15 is 0 Å². The largest absolute Gasteiger partial charge is 0.357 e. The van der Waals surface area contributed by atoms with Gasteiger partial charge in [-0.1, -0.05) is 13.0 Å². The standard InChI is InChI=1S/C18H31N5/c1-3-11-23-12-8-16(9-13-23)14-21-18(19-4-2)22-15-17-7-5-6-10-20-17/h5-7,10,16H,3-4,8-9,11-15H2,1-2H3,(H2,19,21,22). The van der Waals surface area contributed by atoms with Crippen LogP contribution in [0.4, 0.5) is 0 Å². The van der Waals surface area contributed by atoms with Gasteiger partial charge in [-0.2, -0.15) is 0 Å². The SMILES string of the molecule is CCCN1CCC(CNC(=NCc2ccccn2)NCC)CC1. The number of pyridine rings is 1. The van der Waals surface area contributed by atoms with Gasteiger partial charge in [0.1, 0.15) is 0 Å². The molecule has 0 aromatic carbocycles. The van der Waals surface area contributed by atoms with E-state index in [1.54, 1.807) is 0 Å². The highest BCUT2D eigenvalue weighted by Gasteiger charge is 2.18. The lowest BCUT2D eigenvalue weighted by Crippen LogP contribution is -2.43. The van der Waals surface area contributed by atoms with Gasteiger partial charge in [-0.15, -0.1) is 0 Å². The van der Waals surface area contributed by atoms with Crippen LogP contribution in [0.2, 0.25) is 0 Å². The van der Waals surface area contributed by atoms with Gasteiger partial charge in [-0.25, -0.2) is 4.99 Å². The molecule has 0 saturated carbocycles. The Labute approximate surface area is 140 Å². The zero-order chi connectivity index (χ0) is 16.3. The van der Waals surface area contributed by atoms with Crippen molar-refractivity contribution in [1.82, 2.24) is 20.5 Å². The van der Waals surface area contributed by atoms with E-state index in [9.17, 15) is 0 Å². The van der Waals surface area contributed by atoms with Gasteiger partial charge in [0, 0.05) is 19.3 Å². The van der Waals surface area contributed by atoms with Crippen molar-refractivity contribution in [3.05, 3.63) is 30.1 Å². The molecule has 0 spiro atoms. The fourth-order valence-electron chi connectivity index (χ4n) is 2.96. The molecule has 23 heavy (non-hydrogen) atoms. The van der Waals surface area contributed by atoms with Gasteiger partial charge >= 0.3 is 0 Å². The fourth-order valence-corrected chi connectivity index (χ4v) is 2.96. The number of aromatic nitrogens is 1. The molecule has 0 unspecified atom stereocenters. The summed E-state index contributed by atoms with van der Waals surface area (Å²) in [4.78, 5) is 11.5. The van der Waals surface area contributed by atoms with Crippen LogP contribution < -0.4 is 10.6 Å². The molecule has 1 aromatic rings. The molecule has 1 aromatic heterocycles. The summed E-state index contributed by atoms with van der Waals surface area (Å²) in [6, 6.07) is 5.94. The third kappa shape index (κ3) is 6.57. The van der Waals surface area contributed by atoms with E-state index in [4.69, 9.17) is 0 Å². The van der Waals surface area contributed by atoms with Crippen LogP contribution in [0.5, 0.6) is 0 Å². The lowest BCUT2D eigenvalue weighted by molar-refractivity contribution is 0.185. The van der Waals surface area contributed by atoms with Crippen LogP contribution in [0, 0.1) is 5.92 Å². The number of hydrogen-bond donors (Lipinski definition) is 2. The van der Waals surface area contributed by atoms with Crippen molar-refractivity contribution >= 4 is 5.96 Å². The summed E-state index contributed by atoms with van der Waals surface area (Å²) >= 11 is 0. The van der Waals surface area contributed by atoms with Gasteiger partial charge in [0.25, 0.3) is 0 Å². The summed E-state index contributed by atoms with van der Waals surface area (Å²) in [5.41, 5.74) is 0.998. The van der Waals surface area contributed by atoms with Crippen molar-refractivity contribution in [2.45, 2.75) is 39.7 Å². The molecule has 0 aliphatic carbocycles.